The number of benzene rings is 1. The van der Waals surface area contributed by atoms with Crippen LogP contribution in [0.4, 0.5) is 0 Å². The number of carbonyl (C=O) groups excluding carboxylic acids is 1. The van der Waals surface area contributed by atoms with Crippen LogP contribution in [0.25, 0.3) is 0 Å². The number of aryl methyl sites for hydroxylation is 3. The molecule has 0 saturated carbocycles. The van der Waals surface area contributed by atoms with Crippen molar-refractivity contribution in [3.63, 3.8) is 0 Å². The number of carboxylic acid groups (broad SMARTS) is 1. The molecule has 4 heteroatoms. The highest BCUT2D eigenvalue weighted by molar-refractivity contribution is 5.93. The molecule has 0 aliphatic heterocycles. The van der Waals surface area contributed by atoms with Gasteiger partial charge in [-0.25, -0.2) is 0 Å². The van der Waals surface area contributed by atoms with Gasteiger partial charge in [0.1, 0.15) is 6.42 Å². The quantitative estimate of drug-likeness (QED) is 0.781. The first-order valence-corrected chi connectivity index (χ1v) is 5.95. The standard InChI is InChI=1S/C14H19NO3/c1-9-6-10(2)12(11(3)7-9)4-5-15-13(16)8-14(17)18/h6-7H,4-5,8H2,1-3H3,(H,15,16)(H,17,18). The molecule has 0 aliphatic rings. The lowest BCUT2D eigenvalue weighted by molar-refractivity contribution is -0.140. The van der Waals surface area contributed by atoms with Crippen LogP contribution in [0.1, 0.15) is 28.7 Å². The Kier molecular flexibility index (Phi) is 4.89. The summed E-state index contributed by atoms with van der Waals surface area (Å²) in [4.78, 5) is 21.5. The van der Waals surface area contributed by atoms with Crippen LogP contribution in [-0.4, -0.2) is 23.5 Å². The molecule has 1 rings (SSSR count). The minimum atomic E-state index is -1.10. The minimum Gasteiger partial charge on any atom is -0.481 e. The van der Waals surface area contributed by atoms with Gasteiger partial charge in [-0.1, -0.05) is 17.7 Å². The highest BCUT2D eigenvalue weighted by Gasteiger charge is 2.08. The minimum absolute atomic E-state index is 0.440. The molecular formula is C14H19NO3. The zero-order chi connectivity index (χ0) is 13.7. The van der Waals surface area contributed by atoms with Gasteiger partial charge in [-0.3, -0.25) is 9.59 Å². The van der Waals surface area contributed by atoms with Crippen LogP contribution >= 0.6 is 0 Å². The number of hydrogen-bond donors (Lipinski definition) is 2. The molecule has 0 heterocycles. The summed E-state index contributed by atoms with van der Waals surface area (Å²) in [7, 11) is 0. The van der Waals surface area contributed by atoms with Gasteiger partial charge in [0.15, 0.2) is 0 Å². The van der Waals surface area contributed by atoms with Crippen molar-refractivity contribution in [1.82, 2.24) is 5.32 Å². The van der Waals surface area contributed by atoms with Crippen molar-refractivity contribution in [3.05, 3.63) is 34.4 Å². The summed E-state index contributed by atoms with van der Waals surface area (Å²) < 4.78 is 0. The maximum absolute atomic E-state index is 11.2. The summed E-state index contributed by atoms with van der Waals surface area (Å²) in [5, 5.41) is 11.1. The second-order valence-electron chi connectivity index (χ2n) is 4.55. The Hall–Kier alpha value is -1.84. The Bertz CT molecular complexity index is 443. The molecule has 2 N–H and O–H groups in total. The van der Waals surface area contributed by atoms with E-state index < -0.39 is 18.3 Å². The average molecular weight is 249 g/mol. The topological polar surface area (TPSA) is 66.4 Å². The zero-order valence-electron chi connectivity index (χ0n) is 11.0. The van der Waals surface area contributed by atoms with E-state index in [-0.39, 0.29) is 0 Å². The van der Waals surface area contributed by atoms with Crippen LogP contribution in [0, 0.1) is 20.8 Å². The van der Waals surface area contributed by atoms with E-state index in [2.05, 4.69) is 38.2 Å². The first-order chi connectivity index (χ1) is 8.40. The Morgan fingerprint density at radius 3 is 2.22 bits per heavy atom. The van der Waals surface area contributed by atoms with Crippen molar-refractivity contribution in [2.75, 3.05) is 6.54 Å². The summed E-state index contributed by atoms with van der Waals surface area (Å²) in [5.41, 5.74) is 4.86. The molecule has 4 nitrogen and oxygen atoms in total. The molecule has 1 amide bonds. The highest BCUT2D eigenvalue weighted by Crippen LogP contribution is 2.16. The fourth-order valence-corrected chi connectivity index (χ4v) is 2.13. The van der Waals surface area contributed by atoms with Crippen LogP contribution < -0.4 is 5.32 Å². The molecule has 0 radical (unpaired) electrons. The van der Waals surface area contributed by atoms with Crippen molar-refractivity contribution in [1.29, 1.82) is 0 Å². The fourth-order valence-electron chi connectivity index (χ4n) is 2.13. The van der Waals surface area contributed by atoms with E-state index in [9.17, 15) is 9.59 Å². The van der Waals surface area contributed by atoms with Crippen molar-refractivity contribution in [2.45, 2.75) is 33.6 Å². The Morgan fingerprint density at radius 2 is 1.72 bits per heavy atom. The van der Waals surface area contributed by atoms with Crippen LogP contribution in [0.15, 0.2) is 12.1 Å². The molecule has 0 unspecified atom stereocenters. The van der Waals surface area contributed by atoms with E-state index in [1.165, 1.54) is 22.3 Å². The number of nitrogens with one attached hydrogen (secondary N) is 1. The van der Waals surface area contributed by atoms with Crippen LogP contribution in [-0.2, 0) is 16.0 Å². The molecule has 0 bridgehead atoms. The van der Waals surface area contributed by atoms with Gasteiger partial charge < -0.3 is 10.4 Å². The van der Waals surface area contributed by atoms with Crippen molar-refractivity contribution in [3.8, 4) is 0 Å². The number of amides is 1. The fraction of sp³-hybridized carbons (Fsp3) is 0.429. The Labute approximate surface area is 107 Å². The monoisotopic (exact) mass is 249 g/mol. The van der Waals surface area contributed by atoms with Gasteiger partial charge in [-0.15, -0.1) is 0 Å². The maximum Gasteiger partial charge on any atom is 0.312 e. The molecule has 18 heavy (non-hydrogen) atoms. The van der Waals surface area contributed by atoms with Crippen LogP contribution in [0.5, 0.6) is 0 Å². The molecule has 0 atom stereocenters. The average Bonchev–Trinajstić information content (AvgIpc) is 2.20. The lowest BCUT2D eigenvalue weighted by Gasteiger charge is -2.11. The predicted molar refractivity (Wildman–Crippen MR) is 69.6 cm³/mol. The number of hydrogen-bond acceptors (Lipinski definition) is 2. The van der Waals surface area contributed by atoms with E-state index in [4.69, 9.17) is 5.11 Å². The van der Waals surface area contributed by atoms with Crippen molar-refractivity contribution >= 4 is 11.9 Å². The van der Waals surface area contributed by atoms with Gasteiger partial charge in [0, 0.05) is 6.54 Å². The second kappa shape index (κ2) is 6.19. The van der Waals surface area contributed by atoms with Gasteiger partial charge >= 0.3 is 5.97 Å². The number of carbonyl (C=O) groups is 2. The van der Waals surface area contributed by atoms with Crippen LogP contribution in [0.3, 0.4) is 0 Å². The SMILES string of the molecule is Cc1cc(C)c(CCNC(=O)CC(=O)O)c(C)c1. The summed E-state index contributed by atoms with van der Waals surface area (Å²) in [6, 6.07) is 4.23. The highest BCUT2D eigenvalue weighted by atomic mass is 16.4. The Balaban J connectivity index is 2.54. The molecule has 0 aromatic heterocycles. The molecule has 0 saturated heterocycles. The van der Waals surface area contributed by atoms with E-state index in [0.717, 1.165) is 6.42 Å². The van der Waals surface area contributed by atoms with E-state index in [1.807, 2.05) is 0 Å². The van der Waals surface area contributed by atoms with Gasteiger partial charge in [0.25, 0.3) is 0 Å². The summed E-state index contributed by atoms with van der Waals surface area (Å²) in [6.45, 7) is 6.62. The first kappa shape index (κ1) is 14.2. The molecule has 0 aliphatic carbocycles. The van der Waals surface area contributed by atoms with Crippen molar-refractivity contribution < 1.29 is 14.7 Å². The van der Waals surface area contributed by atoms with E-state index in [1.54, 1.807) is 0 Å². The third-order valence-corrected chi connectivity index (χ3v) is 2.85. The number of aliphatic carboxylic acids is 1. The summed E-state index contributed by atoms with van der Waals surface area (Å²) in [6.07, 6.45) is 0.259. The van der Waals surface area contributed by atoms with Crippen molar-refractivity contribution in [2.24, 2.45) is 0 Å². The van der Waals surface area contributed by atoms with E-state index in [0.29, 0.717) is 6.54 Å². The lowest BCUT2D eigenvalue weighted by Crippen LogP contribution is -2.27. The molecule has 1 aromatic rings. The molecule has 1 aromatic carbocycles. The predicted octanol–water partition coefficient (Wildman–Crippen LogP) is 1.75. The first-order valence-electron chi connectivity index (χ1n) is 5.95. The zero-order valence-corrected chi connectivity index (χ0v) is 11.0. The Morgan fingerprint density at radius 1 is 1.17 bits per heavy atom. The van der Waals surface area contributed by atoms with Gasteiger partial charge in [-0.2, -0.15) is 0 Å². The number of rotatable bonds is 5. The summed E-state index contributed by atoms with van der Waals surface area (Å²) in [5.74, 6) is -1.54. The lowest BCUT2D eigenvalue weighted by atomic mass is 9.97. The molecule has 0 spiro atoms. The maximum atomic E-state index is 11.2. The third-order valence-electron chi connectivity index (χ3n) is 2.85. The van der Waals surface area contributed by atoms with E-state index >= 15 is 0 Å². The van der Waals surface area contributed by atoms with Gasteiger partial charge in [0.2, 0.25) is 5.91 Å². The summed E-state index contributed by atoms with van der Waals surface area (Å²) >= 11 is 0. The number of carboxylic acids is 1. The third kappa shape index (κ3) is 4.20. The van der Waals surface area contributed by atoms with Crippen LogP contribution in [0.2, 0.25) is 0 Å². The normalized spacial score (nSPS) is 10.2. The molecule has 98 valence electrons. The molecular weight excluding hydrogens is 230 g/mol. The van der Waals surface area contributed by atoms with Gasteiger partial charge in [-0.05, 0) is 43.9 Å². The molecule has 0 fully saturated rings. The smallest absolute Gasteiger partial charge is 0.312 e. The van der Waals surface area contributed by atoms with Gasteiger partial charge in [0.05, 0.1) is 0 Å². The second-order valence-corrected chi connectivity index (χ2v) is 4.55. The largest absolute Gasteiger partial charge is 0.481 e.